The predicted octanol–water partition coefficient (Wildman–Crippen LogP) is 3.36. The van der Waals surface area contributed by atoms with Crippen molar-refractivity contribution in [1.29, 1.82) is 0 Å². The molecule has 1 unspecified atom stereocenters. The Kier molecular flexibility index (Phi) is 5.33. The molecule has 1 rings (SSSR count). The van der Waals surface area contributed by atoms with E-state index < -0.39 is 0 Å². The number of benzene rings is 1. The van der Waals surface area contributed by atoms with E-state index in [1.165, 1.54) is 0 Å². The molecule has 0 radical (unpaired) electrons. The largest absolute Gasteiger partial charge is 0.378 e. The Hall–Kier alpha value is -0.500. The first kappa shape index (κ1) is 13.6. The Labute approximate surface area is 112 Å². The minimum Gasteiger partial charge on any atom is -0.378 e. The van der Waals surface area contributed by atoms with Crippen LogP contribution in [-0.2, 0) is 0 Å². The Balaban J connectivity index is 2.82. The summed E-state index contributed by atoms with van der Waals surface area (Å²) in [4.78, 5) is 10.5. The molecule has 16 heavy (non-hydrogen) atoms. The Bertz CT molecular complexity index is 387. The number of rotatable bonds is 5. The lowest BCUT2D eigenvalue weighted by Gasteiger charge is -2.11. The highest BCUT2D eigenvalue weighted by Crippen LogP contribution is 2.26. The van der Waals surface area contributed by atoms with Crippen LogP contribution in [0.15, 0.2) is 18.2 Å². The Morgan fingerprint density at radius 3 is 2.88 bits per heavy atom. The van der Waals surface area contributed by atoms with Crippen LogP contribution >= 0.6 is 34.4 Å². The van der Waals surface area contributed by atoms with Gasteiger partial charge in [-0.2, -0.15) is 11.8 Å². The Morgan fingerprint density at radius 1 is 1.62 bits per heavy atom. The zero-order valence-corrected chi connectivity index (χ0v) is 12.0. The van der Waals surface area contributed by atoms with Crippen molar-refractivity contribution < 1.29 is 4.92 Å². The van der Waals surface area contributed by atoms with Gasteiger partial charge in [-0.05, 0) is 41.0 Å². The molecule has 0 aliphatic carbocycles. The van der Waals surface area contributed by atoms with Gasteiger partial charge >= 0.3 is 0 Å². The molecule has 0 aromatic heterocycles. The second-order valence-electron chi connectivity index (χ2n) is 3.35. The quantitative estimate of drug-likeness (QED) is 0.502. The zero-order valence-electron chi connectivity index (χ0n) is 9.07. The molecule has 0 amide bonds. The summed E-state index contributed by atoms with van der Waals surface area (Å²) in [5, 5.41) is 14.4. The van der Waals surface area contributed by atoms with Crippen molar-refractivity contribution in [2.45, 2.75) is 12.2 Å². The third kappa shape index (κ3) is 3.82. The molecular weight excluding hydrogens is 339 g/mol. The summed E-state index contributed by atoms with van der Waals surface area (Å²) in [7, 11) is 0. The third-order valence-corrected chi connectivity index (χ3v) is 3.78. The van der Waals surface area contributed by atoms with Gasteiger partial charge in [0.1, 0.15) is 5.69 Å². The summed E-state index contributed by atoms with van der Waals surface area (Å²) in [5.41, 5.74) is 0.728. The SMILES string of the molecule is CSC(C)CNc1ccc(I)cc1[N+](=O)[O-]. The molecule has 1 atom stereocenters. The fourth-order valence-electron chi connectivity index (χ4n) is 1.14. The number of hydrogen-bond donors (Lipinski definition) is 1. The van der Waals surface area contributed by atoms with E-state index in [2.05, 4.69) is 34.8 Å². The van der Waals surface area contributed by atoms with Crippen molar-refractivity contribution in [3.05, 3.63) is 31.9 Å². The first-order valence-electron chi connectivity index (χ1n) is 4.75. The molecule has 1 aromatic carbocycles. The highest BCUT2D eigenvalue weighted by molar-refractivity contribution is 14.1. The number of nitrogens with zero attached hydrogens (tertiary/aromatic N) is 1. The molecule has 0 fully saturated rings. The maximum Gasteiger partial charge on any atom is 0.293 e. The minimum atomic E-state index is -0.353. The molecule has 88 valence electrons. The second-order valence-corrected chi connectivity index (χ2v) is 5.87. The van der Waals surface area contributed by atoms with E-state index in [0.29, 0.717) is 10.9 Å². The zero-order chi connectivity index (χ0) is 12.1. The lowest BCUT2D eigenvalue weighted by Crippen LogP contribution is -2.13. The molecule has 1 N–H and O–H groups in total. The summed E-state index contributed by atoms with van der Waals surface area (Å²) in [6, 6.07) is 5.19. The van der Waals surface area contributed by atoms with Gasteiger partial charge in [0.15, 0.2) is 0 Å². The third-order valence-electron chi connectivity index (χ3n) is 2.14. The summed E-state index contributed by atoms with van der Waals surface area (Å²) in [6.07, 6.45) is 2.02. The van der Waals surface area contributed by atoms with E-state index in [4.69, 9.17) is 0 Å². The molecule has 0 aliphatic rings. The summed E-state index contributed by atoms with van der Waals surface area (Å²) < 4.78 is 0.868. The first-order chi connectivity index (χ1) is 7.54. The van der Waals surface area contributed by atoms with Gasteiger partial charge in [0.2, 0.25) is 0 Å². The smallest absolute Gasteiger partial charge is 0.293 e. The number of thioether (sulfide) groups is 1. The van der Waals surface area contributed by atoms with Crippen LogP contribution in [0, 0.1) is 13.7 Å². The standard InChI is InChI=1S/C10H13IN2O2S/c1-7(16-2)6-12-9-4-3-8(11)5-10(9)13(14)15/h3-5,7,12H,6H2,1-2H3. The maximum absolute atomic E-state index is 10.8. The van der Waals surface area contributed by atoms with Gasteiger partial charge in [-0.1, -0.05) is 6.92 Å². The van der Waals surface area contributed by atoms with Gasteiger partial charge < -0.3 is 5.32 Å². The monoisotopic (exact) mass is 352 g/mol. The van der Waals surface area contributed by atoms with Crippen LogP contribution in [0.2, 0.25) is 0 Å². The fourth-order valence-corrected chi connectivity index (χ4v) is 1.87. The van der Waals surface area contributed by atoms with Gasteiger partial charge in [0.05, 0.1) is 4.92 Å². The topological polar surface area (TPSA) is 55.2 Å². The first-order valence-corrected chi connectivity index (χ1v) is 7.12. The number of hydrogen-bond acceptors (Lipinski definition) is 4. The van der Waals surface area contributed by atoms with E-state index in [1.54, 1.807) is 23.9 Å². The van der Waals surface area contributed by atoms with Crippen LogP contribution < -0.4 is 5.32 Å². The van der Waals surface area contributed by atoms with Crippen LogP contribution in [-0.4, -0.2) is 23.0 Å². The normalized spacial score (nSPS) is 12.2. The van der Waals surface area contributed by atoms with Gasteiger partial charge in [-0.3, -0.25) is 10.1 Å². The summed E-state index contributed by atoms with van der Waals surface area (Å²) in [6.45, 7) is 2.80. The van der Waals surface area contributed by atoms with E-state index in [9.17, 15) is 10.1 Å². The van der Waals surface area contributed by atoms with Crippen molar-refractivity contribution in [3.8, 4) is 0 Å². The van der Waals surface area contributed by atoms with Gasteiger partial charge in [0, 0.05) is 21.4 Å². The molecule has 0 aliphatic heterocycles. The number of nitrogens with one attached hydrogen (secondary N) is 1. The van der Waals surface area contributed by atoms with Crippen LogP contribution in [0.4, 0.5) is 11.4 Å². The lowest BCUT2D eigenvalue weighted by molar-refractivity contribution is -0.384. The van der Waals surface area contributed by atoms with Crippen LogP contribution in [0.1, 0.15) is 6.92 Å². The minimum absolute atomic E-state index is 0.139. The van der Waals surface area contributed by atoms with Crippen LogP contribution in [0.5, 0.6) is 0 Å². The number of halogens is 1. The van der Waals surface area contributed by atoms with Gasteiger partial charge in [-0.25, -0.2) is 0 Å². The van der Waals surface area contributed by atoms with E-state index in [1.807, 2.05) is 12.3 Å². The molecule has 1 aromatic rings. The molecule has 4 nitrogen and oxygen atoms in total. The van der Waals surface area contributed by atoms with Crippen molar-refractivity contribution in [1.82, 2.24) is 0 Å². The second kappa shape index (κ2) is 6.29. The van der Waals surface area contributed by atoms with Crippen LogP contribution in [0.25, 0.3) is 0 Å². The van der Waals surface area contributed by atoms with Crippen molar-refractivity contribution in [2.75, 3.05) is 18.1 Å². The highest BCUT2D eigenvalue weighted by atomic mass is 127. The summed E-state index contributed by atoms with van der Waals surface area (Å²) >= 11 is 3.80. The van der Waals surface area contributed by atoms with E-state index >= 15 is 0 Å². The number of nitro benzene ring substituents is 1. The average molecular weight is 352 g/mol. The number of nitro groups is 1. The van der Waals surface area contributed by atoms with E-state index in [-0.39, 0.29) is 10.6 Å². The van der Waals surface area contributed by atoms with Gasteiger partial charge in [0.25, 0.3) is 5.69 Å². The lowest BCUT2D eigenvalue weighted by atomic mass is 10.2. The van der Waals surface area contributed by atoms with Crippen molar-refractivity contribution in [3.63, 3.8) is 0 Å². The fraction of sp³-hybridized carbons (Fsp3) is 0.400. The average Bonchev–Trinajstić information content (AvgIpc) is 2.26. The summed E-state index contributed by atoms with van der Waals surface area (Å²) in [5.74, 6) is 0. The molecule has 0 heterocycles. The maximum atomic E-state index is 10.8. The van der Waals surface area contributed by atoms with Crippen molar-refractivity contribution >= 4 is 45.7 Å². The molecule has 0 saturated carbocycles. The van der Waals surface area contributed by atoms with Gasteiger partial charge in [-0.15, -0.1) is 0 Å². The van der Waals surface area contributed by atoms with E-state index in [0.717, 1.165) is 10.1 Å². The Morgan fingerprint density at radius 2 is 2.31 bits per heavy atom. The van der Waals surface area contributed by atoms with Crippen LogP contribution in [0.3, 0.4) is 0 Å². The molecule has 6 heteroatoms. The predicted molar refractivity (Wildman–Crippen MR) is 77.3 cm³/mol. The highest BCUT2D eigenvalue weighted by Gasteiger charge is 2.14. The number of anilines is 1. The molecule has 0 spiro atoms. The molecule has 0 bridgehead atoms. The van der Waals surface area contributed by atoms with Crippen molar-refractivity contribution in [2.24, 2.45) is 0 Å². The molecular formula is C10H13IN2O2S. The molecule has 0 saturated heterocycles.